The van der Waals surface area contributed by atoms with Crippen molar-refractivity contribution < 1.29 is 0 Å². The van der Waals surface area contributed by atoms with E-state index in [4.69, 9.17) is 0 Å². The second-order valence-corrected chi connectivity index (χ2v) is 6.65. The summed E-state index contributed by atoms with van der Waals surface area (Å²) >= 11 is 1.97. The van der Waals surface area contributed by atoms with Crippen molar-refractivity contribution in [3.8, 4) is 0 Å². The molecule has 0 bridgehead atoms. The molecule has 1 heterocycles. The molecule has 0 aromatic carbocycles. The molecule has 18 heavy (non-hydrogen) atoms. The molecule has 0 aliphatic heterocycles. The van der Waals surface area contributed by atoms with Crippen LogP contribution in [0, 0.1) is 0 Å². The Balaban J connectivity index is 1.78. The summed E-state index contributed by atoms with van der Waals surface area (Å²) in [6.07, 6.45) is 6.85. The Morgan fingerprint density at radius 1 is 1.28 bits per heavy atom. The first-order valence-corrected chi connectivity index (χ1v) is 8.09. The van der Waals surface area contributed by atoms with Crippen LogP contribution in [-0.2, 0) is 13.1 Å². The quantitative estimate of drug-likeness (QED) is 0.758. The fourth-order valence-corrected chi connectivity index (χ4v) is 3.76. The highest BCUT2D eigenvalue weighted by Gasteiger charge is 2.19. The third-order valence-electron chi connectivity index (χ3n) is 3.80. The van der Waals surface area contributed by atoms with Crippen LogP contribution in [0.15, 0.2) is 12.1 Å². The summed E-state index contributed by atoms with van der Waals surface area (Å²) in [5.74, 6) is 0. The van der Waals surface area contributed by atoms with E-state index in [1.807, 2.05) is 11.3 Å². The van der Waals surface area contributed by atoms with Gasteiger partial charge >= 0.3 is 0 Å². The van der Waals surface area contributed by atoms with Crippen LogP contribution < -0.4 is 5.32 Å². The highest BCUT2D eigenvalue weighted by molar-refractivity contribution is 7.11. The van der Waals surface area contributed by atoms with Crippen molar-refractivity contribution in [3.63, 3.8) is 0 Å². The van der Waals surface area contributed by atoms with Crippen molar-refractivity contribution in [2.45, 2.75) is 58.2 Å². The molecule has 1 aromatic rings. The van der Waals surface area contributed by atoms with Gasteiger partial charge in [-0.15, -0.1) is 11.3 Å². The van der Waals surface area contributed by atoms with Crippen molar-refractivity contribution in [2.24, 2.45) is 0 Å². The zero-order chi connectivity index (χ0) is 12.8. The Hall–Kier alpha value is -0.380. The van der Waals surface area contributed by atoms with Gasteiger partial charge in [-0.05, 0) is 45.0 Å². The minimum Gasteiger partial charge on any atom is -0.312 e. The monoisotopic (exact) mass is 266 g/mol. The van der Waals surface area contributed by atoms with Gasteiger partial charge in [0.15, 0.2) is 0 Å². The van der Waals surface area contributed by atoms with Gasteiger partial charge in [-0.1, -0.05) is 19.8 Å². The van der Waals surface area contributed by atoms with Crippen molar-refractivity contribution in [2.75, 3.05) is 13.6 Å². The van der Waals surface area contributed by atoms with E-state index in [2.05, 4.69) is 36.3 Å². The lowest BCUT2D eigenvalue weighted by Crippen LogP contribution is -2.28. The van der Waals surface area contributed by atoms with Crippen LogP contribution in [0.3, 0.4) is 0 Å². The smallest absolute Gasteiger partial charge is 0.0327 e. The molecule has 2 rings (SSSR count). The number of nitrogens with one attached hydrogen (secondary N) is 1. The van der Waals surface area contributed by atoms with E-state index in [1.54, 1.807) is 0 Å². The lowest BCUT2D eigenvalue weighted by Gasteiger charge is -2.23. The molecule has 0 amide bonds. The second-order valence-electron chi connectivity index (χ2n) is 5.40. The molecule has 0 unspecified atom stereocenters. The summed E-state index contributed by atoms with van der Waals surface area (Å²) in [4.78, 5) is 5.53. The molecule has 0 radical (unpaired) electrons. The van der Waals surface area contributed by atoms with Crippen LogP contribution in [0.2, 0.25) is 0 Å². The Morgan fingerprint density at radius 3 is 2.72 bits per heavy atom. The fraction of sp³-hybridized carbons (Fsp3) is 0.733. The minimum atomic E-state index is 0.828. The molecular formula is C15H26N2S. The topological polar surface area (TPSA) is 15.3 Å². The van der Waals surface area contributed by atoms with Gasteiger partial charge in [0, 0.05) is 28.9 Å². The van der Waals surface area contributed by atoms with Crippen LogP contribution in [0.4, 0.5) is 0 Å². The van der Waals surface area contributed by atoms with E-state index in [0.29, 0.717) is 0 Å². The predicted octanol–water partition coefficient (Wildman–Crippen LogP) is 3.62. The van der Waals surface area contributed by atoms with Crippen LogP contribution in [-0.4, -0.2) is 24.5 Å². The Kier molecular flexibility index (Phi) is 5.67. The Morgan fingerprint density at radius 2 is 2.00 bits per heavy atom. The van der Waals surface area contributed by atoms with Gasteiger partial charge in [-0.3, -0.25) is 4.90 Å². The third-order valence-corrected chi connectivity index (χ3v) is 4.87. The maximum absolute atomic E-state index is 3.47. The second kappa shape index (κ2) is 7.27. The summed E-state index contributed by atoms with van der Waals surface area (Å²) < 4.78 is 0. The van der Waals surface area contributed by atoms with Gasteiger partial charge in [0.25, 0.3) is 0 Å². The van der Waals surface area contributed by atoms with Gasteiger partial charge < -0.3 is 5.32 Å². The number of rotatable bonds is 7. The first kappa shape index (κ1) is 14.0. The van der Waals surface area contributed by atoms with Crippen LogP contribution >= 0.6 is 11.3 Å². The molecule has 0 saturated heterocycles. The fourth-order valence-electron chi connectivity index (χ4n) is 2.71. The average molecular weight is 266 g/mol. The summed E-state index contributed by atoms with van der Waals surface area (Å²) in [6.45, 7) is 5.49. The summed E-state index contributed by atoms with van der Waals surface area (Å²) in [6, 6.07) is 5.42. The van der Waals surface area contributed by atoms with Crippen molar-refractivity contribution >= 4 is 11.3 Å². The number of nitrogens with zero attached hydrogens (tertiary/aromatic N) is 1. The number of hydrogen-bond donors (Lipinski definition) is 1. The van der Waals surface area contributed by atoms with E-state index in [9.17, 15) is 0 Å². The summed E-state index contributed by atoms with van der Waals surface area (Å²) in [5.41, 5.74) is 0. The highest BCUT2D eigenvalue weighted by Crippen LogP contribution is 2.25. The van der Waals surface area contributed by atoms with Crippen LogP contribution in [0.25, 0.3) is 0 Å². The molecular weight excluding hydrogens is 240 g/mol. The molecule has 1 aliphatic rings. The zero-order valence-electron chi connectivity index (χ0n) is 11.7. The first-order chi connectivity index (χ1) is 8.79. The molecule has 0 atom stereocenters. The van der Waals surface area contributed by atoms with Crippen molar-refractivity contribution in [1.82, 2.24) is 10.2 Å². The first-order valence-electron chi connectivity index (χ1n) is 7.28. The van der Waals surface area contributed by atoms with Crippen molar-refractivity contribution in [1.29, 1.82) is 0 Å². The van der Waals surface area contributed by atoms with E-state index < -0.39 is 0 Å². The van der Waals surface area contributed by atoms with Crippen LogP contribution in [0.1, 0.15) is 48.8 Å². The lowest BCUT2D eigenvalue weighted by atomic mass is 10.2. The SMILES string of the molecule is CCCNCc1ccc(CN(C)C2CCCC2)s1. The summed E-state index contributed by atoms with van der Waals surface area (Å²) in [5, 5.41) is 3.47. The molecule has 102 valence electrons. The van der Waals surface area contributed by atoms with E-state index in [1.165, 1.54) is 41.9 Å². The van der Waals surface area contributed by atoms with Gasteiger partial charge in [-0.2, -0.15) is 0 Å². The molecule has 0 spiro atoms. The minimum absolute atomic E-state index is 0.828. The Labute approximate surface area is 115 Å². The van der Waals surface area contributed by atoms with E-state index in [-0.39, 0.29) is 0 Å². The van der Waals surface area contributed by atoms with Gasteiger partial charge in [0.05, 0.1) is 0 Å². The molecule has 1 aliphatic carbocycles. The van der Waals surface area contributed by atoms with E-state index >= 15 is 0 Å². The molecule has 1 saturated carbocycles. The standard InChI is InChI=1S/C15H26N2S/c1-3-10-16-11-14-8-9-15(18-14)12-17(2)13-6-4-5-7-13/h8-9,13,16H,3-7,10-12H2,1-2H3. The van der Waals surface area contributed by atoms with Crippen LogP contribution in [0.5, 0.6) is 0 Å². The molecule has 1 fully saturated rings. The van der Waals surface area contributed by atoms with E-state index in [0.717, 1.165) is 25.7 Å². The maximum Gasteiger partial charge on any atom is 0.0327 e. The highest BCUT2D eigenvalue weighted by atomic mass is 32.1. The Bertz CT molecular complexity index is 342. The molecule has 2 nitrogen and oxygen atoms in total. The average Bonchev–Trinajstić information content (AvgIpc) is 3.00. The third kappa shape index (κ3) is 4.08. The molecule has 1 aromatic heterocycles. The molecule has 1 N–H and O–H groups in total. The lowest BCUT2D eigenvalue weighted by molar-refractivity contribution is 0.239. The molecule has 3 heteroatoms. The number of thiophene rings is 1. The van der Waals surface area contributed by atoms with Crippen molar-refractivity contribution in [3.05, 3.63) is 21.9 Å². The summed E-state index contributed by atoms with van der Waals surface area (Å²) in [7, 11) is 2.28. The van der Waals surface area contributed by atoms with Gasteiger partial charge in [0.1, 0.15) is 0 Å². The normalized spacial score (nSPS) is 16.8. The largest absolute Gasteiger partial charge is 0.312 e. The van der Waals surface area contributed by atoms with Gasteiger partial charge in [-0.25, -0.2) is 0 Å². The predicted molar refractivity (Wildman–Crippen MR) is 80.0 cm³/mol. The number of hydrogen-bond acceptors (Lipinski definition) is 3. The zero-order valence-corrected chi connectivity index (χ0v) is 12.6. The van der Waals surface area contributed by atoms with Gasteiger partial charge in [0.2, 0.25) is 0 Å². The maximum atomic E-state index is 3.47.